The fraction of sp³-hybridized carbons (Fsp3) is 0.381. The molecule has 0 aliphatic carbocycles. The summed E-state index contributed by atoms with van der Waals surface area (Å²) >= 11 is 0. The highest BCUT2D eigenvalue weighted by Crippen LogP contribution is 2.33. The summed E-state index contributed by atoms with van der Waals surface area (Å²) in [6.45, 7) is 3.95. The van der Waals surface area contributed by atoms with Gasteiger partial charge in [0.25, 0.3) is 0 Å². The molecule has 0 bridgehead atoms. The Bertz CT molecular complexity index is 615. The molecule has 1 unspecified atom stereocenters. The van der Waals surface area contributed by atoms with Gasteiger partial charge < -0.3 is 0 Å². The lowest BCUT2D eigenvalue weighted by Crippen LogP contribution is -2.39. The second-order valence-corrected chi connectivity index (χ2v) is 6.35. The quantitative estimate of drug-likeness (QED) is 0.805. The van der Waals surface area contributed by atoms with Gasteiger partial charge in [-0.2, -0.15) is 0 Å². The second kappa shape index (κ2) is 7.56. The van der Waals surface area contributed by atoms with Gasteiger partial charge in [0.05, 0.1) is 6.04 Å². The van der Waals surface area contributed by atoms with Crippen LogP contribution in [0.5, 0.6) is 0 Å². The van der Waals surface area contributed by atoms with Crippen molar-refractivity contribution in [1.82, 2.24) is 4.90 Å². The molecule has 2 nitrogen and oxygen atoms in total. The number of likely N-dealkylation sites (tertiary alicyclic amines) is 1. The van der Waals surface area contributed by atoms with Crippen molar-refractivity contribution in [3.63, 3.8) is 0 Å². The Labute approximate surface area is 139 Å². The normalized spacial score (nSPS) is 17.8. The summed E-state index contributed by atoms with van der Waals surface area (Å²) in [4.78, 5) is 14.9. The topological polar surface area (TPSA) is 20.3 Å². The highest BCUT2D eigenvalue weighted by atomic mass is 16.1. The molecule has 2 aromatic rings. The molecule has 1 atom stereocenters. The van der Waals surface area contributed by atoms with Crippen LogP contribution in [0.1, 0.15) is 49.3 Å². The van der Waals surface area contributed by atoms with E-state index in [0.29, 0.717) is 18.1 Å². The van der Waals surface area contributed by atoms with E-state index in [-0.39, 0.29) is 6.04 Å². The molecule has 1 heterocycles. The molecule has 1 aliphatic rings. The van der Waals surface area contributed by atoms with Crippen LogP contribution in [0, 0.1) is 0 Å². The minimum Gasteiger partial charge on any atom is -0.298 e. The first-order valence-electron chi connectivity index (χ1n) is 8.66. The summed E-state index contributed by atoms with van der Waals surface area (Å²) in [7, 11) is 0. The predicted molar refractivity (Wildman–Crippen MR) is 94.5 cm³/mol. The molecule has 1 aliphatic heterocycles. The first kappa shape index (κ1) is 15.9. The lowest BCUT2D eigenvalue weighted by molar-refractivity contribution is -0.124. The summed E-state index contributed by atoms with van der Waals surface area (Å²) in [6.07, 6.45) is 2.85. The van der Waals surface area contributed by atoms with Gasteiger partial charge in [-0.1, -0.05) is 67.6 Å². The van der Waals surface area contributed by atoms with Gasteiger partial charge in [0.15, 0.2) is 5.78 Å². The molecule has 0 spiro atoms. The van der Waals surface area contributed by atoms with Gasteiger partial charge in [0.1, 0.15) is 0 Å². The molecule has 0 aromatic heterocycles. The van der Waals surface area contributed by atoms with Gasteiger partial charge in [0.2, 0.25) is 0 Å². The molecule has 120 valence electrons. The van der Waals surface area contributed by atoms with Crippen molar-refractivity contribution in [2.45, 2.75) is 38.1 Å². The molecule has 1 saturated heterocycles. The molecule has 1 fully saturated rings. The van der Waals surface area contributed by atoms with Gasteiger partial charge >= 0.3 is 0 Å². The van der Waals surface area contributed by atoms with Crippen molar-refractivity contribution in [2.24, 2.45) is 0 Å². The number of piperidine rings is 1. The summed E-state index contributed by atoms with van der Waals surface area (Å²) in [6, 6.07) is 20.9. The van der Waals surface area contributed by atoms with E-state index >= 15 is 0 Å². The molecule has 0 amide bonds. The largest absolute Gasteiger partial charge is 0.298 e. The Morgan fingerprint density at radius 1 is 1.00 bits per heavy atom. The van der Waals surface area contributed by atoms with Gasteiger partial charge in [-0.3, -0.25) is 9.69 Å². The van der Waals surface area contributed by atoms with Crippen LogP contribution in [-0.2, 0) is 4.79 Å². The minimum atomic E-state index is -0.0714. The molecule has 0 saturated carbocycles. The van der Waals surface area contributed by atoms with E-state index in [4.69, 9.17) is 0 Å². The SMILES string of the molecule is CCC(=O)C(c1ccccc1)N1CCC(c2ccccc2)CC1. The third-order valence-electron chi connectivity index (χ3n) is 4.93. The van der Waals surface area contributed by atoms with Crippen molar-refractivity contribution in [1.29, 1.82) is 0 Å². The molecular weight excluding hydrogens is 282 g/mol. The van der Waals surface area contributed by atoms with Crippen molar-refractivity contribution < 1.29 is 4.79 Å². The number of rotatable bonds is 5. The number of carbonyl (C=O) groups excluding carboxylic acids is 1. The van der Waals surface area contributed by atoms with Crippen LogP contribution in [-0.4, -0.2) is 23.8 Å². The van der Waals surface area contributed by atoms with Gasteiger partial charge in [-0.05, 0) is 43.0 Å². The van der Waals surface area contributed by atoms with Crippen molar-refractivity contribution in [2.75, 3.05) is 13.1 Å². The van der Waals surface area contributed by atoms with Crippen LogP contribution in [0.15, 0.2) is 60.7 Å². The molecule has 0 N–H and O–H groups in total. The molecule has 2 aromatic carbocycles. The smallest absolute Gasteiger partial charge is 0.154 e. The minimum absolute atomic E-state index is 0.0714. The van der Waals surface area contributed by atoms with Gasteiger partial charge in [0, 0.05) is 6.42 Å². The third kappa shape index (κ3) is 3.70. The second-order valence-electron chi connectivity index (χ2n) is 6.35. The van der Waals surface area contributed by atoms with E-state index in [2.05, 4.69) is 47.4 Å². The first-order valence-corrected chi connectivity index (χ1v) is 8.66. The lowest BCUT2D eigenvalue weighted by atomic mass is 9.87. The molecular formula is C21H25NO. The fourth-order valence-corrected chi connectivity index (χ4v) is 3.65. The highest BCUT2D eigenvalue weighted by Gasteiger charge is 2.30. The molecule has 23 heavy (non-hydrogen) atoms. The van der Waals surface area contributed by atoms with Crippen LogP contribution >= 0.6 is 0 Å². The standard InChI is InChI=1S/C21H25NO/c1-2-20(23)21(19-11-7-4-8-12-19)22-15-13-18(14-16-22)17-9-5-3-6-10-17/h3-12,18,21H,2,13-16H2,1H3. The van der Waals surface area contributed by atoms with Crippen LogP contribution < -0.4 is 0 Å². The van der Waals surface area contributed by atoms with E-state index < -0.39 is 0 Å². The summed E-state index contributed by atoms with van der Waals surface area (Å²) in [5.74, 6) is 0.954. The van der Waals surface area contributed by atoms with E-state index in [9.17, 15) is 4.79 Å². The summed E-state index contributed by atoms with van der Waals surface area (Å²) in [5.41, 5.74) is 2.57. The first-order chi connectivity index (χ1) is 11.3. The van der Waals surface area contributed by atoms with Crippen molar-refractivity contribution in [3.8, 4) is 0 Å². The van der Waals surface area contributed by atoms with E-state index in [1.54, 1.807) is 0 Å². The fourth-order valence-electron chi connectivity index (χ4n) is 3.65. The zero-order chi connectivity index (χ0) is 16.1. The van der Waals surface area contributed by atoms with E-state index in [1.165, 1.54) is 5.56 Å². The molecule has 0 radical (unpaired) electrons. The Balaban J connectivity index is 1.72. The van der Waals surface area contributed by atoms with Crippen LogP contribution in [0.25, 0.3) is 0 Å². The number of carbonyl (C=O) groups is 1. The Kier molecular flexibility index (Phi) is 5.24. The van der Waals surface area contributed by atoms with Crippen molar-refractivity contribution >= 4 is 5.78 Å². The predicted octanol–water partition coefficient (Wildman–Crippen LogP) is 4.59. The average Bonchev–Trinajstić information content (AvgIpc) is 2.64. The average molecular weight is 307 g/mol. The maximum atomic E-state index is 12.5. The third-order valence-corrected chi connectivity index (χ3v) is 4.93. The number of nitrogens with zero attached hydrogens (tertiary/aromatic N) is 1. The van der Waals surface area contributed by atoms with Crippen molar-refractivity contribution in [3.05, 3.63) is 71.8 Å². The molecule has 2 heteroatoms. The number of ketones is 1. The number of Topliss-reactive ketones (excluding diaryl/α,β-unsaturated/α-hetero) is 1. The van der Waals surface area contributed by atoms with Gasteiger partial charge in [-0.25, -0.2) is 0 Å². The number of benzene rings is 2. The Morgan fingerprint density at radius 3 is 2.13 bits per heavy atom. The zero-order valence-electron chi connectivity index (χ0n) is 13.8. The van der Waals surface area contributed by atoms with E-state index in [0.717, 1.165) is 31.5 Å². The summed E-state index contributed by atoms with van der Waals surface area (Å²) in [5, 5.41) is 0. The van der Waals surface area contributed by atoms with Crippen LogP contribution in [0.2, 0.25) is 0 Å². The highest BCUT2D eigenvalue weighted by molar-refractivity contribution is 5.85. The lowest BCUT2D eigenvalue weighted by Gasteiger charge is -2.37. The summed E-state index contributed by atoms with van der Waals surface area (Å²) < 4.78 is 0. The van der Waals surface area contributed by atoms with Gasteiger partial charge in [-0.15, -0.1) is 0 Å². The number of hydrogen-bond donors (Lipinski definition) is 0. The Morgan fingerprint density at radius 2 is 1.57 bits per heavy atom. The van der Waals surface area contributed by atoms with E-state index in [1.807, 2.05) is 25.1 Å². The maximum absolute atomic E-state index is 12.5. The number of hydrogen-bond acceptors (Lipinski definition) is 2. The maximum Gasteiger partial charge on any atom is 0.154 e. The molecule has 3 rings (SSSR count). The Hall–Kier alpha value is -1.93. The van der Waals surface area contributed by atoms with Crippen LogP contribution in [0.4, 0.5) is 0 Å². The van der Waals surface area contributed by atoms with Crippen LogP contribution in [0.3, 0.4) is 0 Å². The monoisotopic (exact) mass is 307 g/mol. The zero-order valence-corrected chi connectivity index (χ0v) is 13.8.